The lowest BCUT2D eigenvalue weighted by atomic mass is 9.97. The fraction of sp³-hybridized carbons (Fsp3) is 0.391. The van der Waals surface area contributed by atoms with Crippen LogP contribution in [0, 0.1) is 12.7 Å². The Morgan fingerprint density at radius 1 is 1.07 bits per heavy atom. The summed E-state index contributed by atoms with van der Waals surface area (Å²) < 4.78 is 18.4. The van der Waals surface area contributed by atoms with Crippen molar-refractivity contribution in [3.8, 4) is 5.75 Å². The van der Waals surface area contributed by atoms with E-state index in [1.165, 1.54) is 24.3 Å². The van der Waals surface area contributed by atoms with E-state index < -0.39 is 0 Å². The van der Waals surface area contributed by atoms with E-state index in [1.807, 2.05) is 30.0 Å². The molecule has 1 unspecified atom stereocenters. The Hall–Kier alpha value is -3.09. The van der Waals surface area contributed by atoms with Crippen LogP contribution in [0.25, 0.3) is 0 Å². The molecular formula is C23H26FN3O3. The highest BCUT2D eigenvalue weighted by Gasteiger charge is 2.43. The molecule has 2 bridgehead atoms. The maximum Gasteiger partial charge on any atom is 0.322 e. The highest BCUT2D eigenvalue weighted by molar-refractivity contribution is 5.94. The van der Waals surface area contributed by atoms with Gasteiger partial charge in [-0.3, -0.25) is 4.79 Å². The zero-order valence-electron chi connectivity index (χ0n) is 17.2. The van der Waals surface area contributed by atoms with E-state index in [-0.39, 0.29) is 35.9 Å². The number of benzene rings is 2. The van der Waals surface area contributed by atoms with E-state index in [2.05, 4.69) is 10.6 Å². The van der Waals surface area contributed by atoms with Crippen LogP contribution < -0.4 is 15.4 Å². The average molecular weight is 411 g/mol. The van der Waals surface area contributed by atoms with Crippen molar-refractivity contribution >= 4 is 17.6 Å². The predicted octanol–water partition coefficient (Wildman–Crippen LogP) is 4.10. The number of amides is 3. The van der Waals surface area contributed by atoms with E-state index in [4.69, 9.17) is 4.74 Å². The van der Waals surface area contributed by atoms with Gasteiger partial charge in [0.15, 0.2) is 0 Å². The number of hydrogen-bond donors (Lipinski definition) is 2. The molecule has 2 fully saturated rings. The molecule has 4 rings (SSSR count). The first-order valence-electron chi connectivity index (χ1n) is 10.2. The fourth-order valence-corrected chi connectivity index (χ4v) is 4.60. The SMILES string of the molecule is COc1ccc(C)cc1NC(=O)N1[C@@H]2CC[C@H]1CC(NC(=O)c1ccc(F)cc1)C2. The average Bonchev–Trinajstić information content (AvgIpc) is 2.99. The quantitative estimate of drug-likeness (QED) is 0.796. The molecular weight excluding hydrogens is 385 g/mol. The van der Waals surface area contributed by atoms with Crippen LogP contribution in [0.2, 0.25) is 0 Å². The summed E-state index contributed by atoms with van der Waals surface area (Å²) in [6, 6.07) is 11.2. The molecule has 3 atom stereocenters. The Balaban J connectivity index is 1.40. The molecule has 0 saturated carbocycles. The van der Waals surface area contributed by atoms with E-state index in [0.717, 1.165) is 18.4 Å². The molecule has 2 saturated heterocycles. The lowest BCUT2D eigenvalue weighted by molar-refractivity contribution is 0.0891. The normalized spacial score (nSPS) is 22.5. The smallest absolute Gasteiger partial charge is 0.322 e. The van der Waals surface area contributed by atoms with Crippen molar-refractivity contribution in [3.05, 3.63) is 59.4 Å². The third-order valence-electron chi connectivity index (χ3n) is 6.01. The third-order valence-corrected chi connectivity index (χ3v) is 6.01. The number of piperidine rings is 1. The number of urea groups is 1. The molecule has 30 heavy (non-hydrogen) atoms. The number of fused-ring (bicyclic) bond motifs is 2. The van der Waals surface area contributed by atoms with Gasteiger partial charge in [0.25, 0.3) is 5.91 Å². The summed E-state index contributed by atoms with van der Waals surface area (Å²) in [5.74, 6) is 0.0544. The Labute approximate surface area is 175 Å². The first-order valence-corrected chi connectivity index (χ1v) is 10.2. The Bertz CT molecular complexity index is 933. The summed E-state index contributed by atoms with van der Waals surface area (Å²) >= 11 is 0. The number of methoxy groups -OCH3 is 1. The number of ether oxygens (including phenoxy) is 1. The molecule has 2 heterocycles. The Kier molecular flexibility index (Phi) is 5.61. The number of nitrogens with one attached hydrogen (secondary N) is 2. The van der Waals surface area contributed by atoms with Gasteiger partial charge in [-0.1, -0.05) is 6.07 Å². The first kappa shape index (κ1) is 20.2. The minimum Gasteiger partial charge on any atom is -0.495 e. The number of hydrogen-bond acceptors (Lipinski definition) is 3. The summed E-state index contributed by atoms with van der Waals surface area (Å²) in [5.41, 5.74) is 2.14. The second-order valence-corrected chi connectivity index (χ2v) is 8.07. The molecule has 0 aliphatic carbocycles. The molecule has 7 heteroatoms. The fourth-order valence-electron chi connectivity index (χ4n) is 4.60. The van der Waals surface area contributed by atoms with Gasteiger partial charge in [0.05, 0.1) is 12.8 Å². The molecule has 2 aliphatic rings. The lowest BCUT2D eigenvalue weighted by Crippen LogP contribution is -2.53. The summed E-state index contributed by atoms with van der Waals surface area (Å²) in [5, 5.41) is 6.05. The van der Waals surface area contributed by atoms with Gasteiger partial charge in [0.2, 0.25) is 0 Å². The van der Waals surface area contributed by atoms with Crippen LogP contribution in [0.5, 0.6) is 5.75 Å². The van der Waals surface area contributed by atoms with Crippen molar-refractivity contribution in [3.63, 3.8) is 0 Å². The molecule has 2 aliphatic heterocycles. The molecule has 158 valence electrons. The number of carbonyl (C=O) groups is 2. The molecule has 2 aromatic rings. The minimum absolute atomic E-state index is 0.00221. The van der Waals surface area contributed by atoms with Crippen LogP contribution >= 0.6 is 0 Å². The van der Waals surface area contributed by atoms with E-state index in [0.29, 0.717) is 29.8 Å². The van der Waals surface area contributed by atoms with Crippen LogP contribution in [0.15, 0.2) is 42.5 Å². The van der Waals surface area contributed by atoms with Gasteiger partial charge in [-0.2, -0.15) is 0 Å². The lowest BCUT2D eigenvalue weighted by Gasteiger charge is -2.39. The Morgan fingerprint density at radius 3 is 2.37 bits per heavy atom. The minimum atomic E-state index is -0.367. The molecule has 0 spiro atoms. The van der Waals surface area contributed by atoms with Crippen LogP contribution in [0.3, 0.4) is 0 Å². The molecule has 0 radical (unpaired) electrons. The number of rotatable bonds is 4. The second kappa shape index (κ2) is 8.34. The molecule has 3 amide bonds. The third kappa shape index (κ3) is 4.10. The Morgan fingerprint density at radius 2 is 1.73 bits per heavy atom. The van der Waals surface area contributed by atoms with Crippen LogP contribution in [-0.2, 0) is 0 Å². The van der Waals surface area contributed by atoms with Crippen molar-refractivity contribution < 1.29 is 18.7 Å². The van der Waals surface area contributed by atoms with Crippen molar-refractivity contribution in [2.45, 2.75) is 50.7 Å². The van der Waals surface area contributed by atoms with Crippen LogP contribution in [-0.4, -0.2) is 42.1 Å². The molecule has 2 N–H and O–H groups in total. The zero-order valence-corrected chi connectivity index (χ0v) is 17.2. The molecule has 6 nitrogen and oxygen atoms in total. The van der Waals surface area contributed by atoms with Crippen molar-refractivity contribution in [2.24, 2.45) is 0 Å². The standard InChI is InChI=1S/C23H26FN3O3/c1-14-3-10-21(30-2)20(11-14)26-23(29)27-18-8-9-19(27)13-17(12-18)25-22(28)15-4-6-16(24)7-5-15/h3-7,10-11,17-19H,8-9,12-13H2,1-2H3,(H,25,28)(H,26,29)/t17?,18-,19+. The van der Waals surface area contributed by atoms with E-state index >= 15 is 0 Å². The van der Waals surface area contributed by atoms with Gasteiger partial charge in [-0.05, 0) is 74.6 Å². The van der Waals surface area contributed by atoms with Gasteiger partial charge in [0.1, 0.15) is 11.6 Å². The van der Waals surface area contributed by atoms with Gasteiger partial charge >= 0.3 is 6.03 Å². The van der Waals surface area contributed by atoms with Gasteiger partial charge in [-0.15, -0.1) is 0 Å². The maximum atomic E-state index is 13.1. The van der Waals surface area contributed by atoms with Crippen LogP contribution in [0.1, 0.15) is 41.6 Å². The number of anilines is 1. The highest BCUT2D eigenvalue weighted by atomic mass is 19.1. The molecule has 2 aromatic carbocycles. The van der Waals surface area contributed by atoms with Gasteiger partial charge < -0.3 is 20.3 Å². The monoisotopic (exact) mass is 411 g/mol. The van der Waals surface area contributed by atoms with Gasteiger partial charge in [-0.25, -0.2) is 9.18 Å². The van der Waals surface area contributed by atoms with Crippen molar-refractivity contribution in [1.82, 2.24) is 10.2 Å². The van der Waals surface area contributed by atoms with E-state index in [1.54, 1.807) is 7.11 Å². The van der Waals surface area contributed by atoms with Gasteiger partial charge in [0, 0.05) is 23.7 Å². The highest BCUT2D eigenvalue weighted by Crippen LogP contribution is 2.37. The number of halogens is 1. The topological polar surface area (TPSA) is 70.7 Å². The first-order chi connectivity index (χ1) is 14.4. The summed E-state index contributed by atoms with van der Waals surface area (Å²) in [6.45, 7) is 1.97. The number of nitrogens with zero attached hydrogens (tertiary/aromatic N) is 1. The summed E-state index contributed by atoms with van der Waals surface area (Å²) in [7, 11) is 1.58. The predicted molar refractivity (Wildman–Crippen MR) is 112 cm³/mol. The number of aryl methyl sites for hydroxylation is 1. The zero-order chi connectivity index (χ0) is 21.3. The van der Waals surface area contributed by atoms with E-state index in [9.17, 15) is 14.0 Å². The maximum absolute atomic E-state index is 13.1. The molecule has 0 aromatic heterocycles. The van der Waals surface area contributed by atoms with Crippen molar-refractivity contribution in [1.29, 1.82) is 0 Å². The second-order valence-electron chi connectivity index (χ2n) is 8.07. The summed E-state index contributed by atoms with van der Waals surface area (Å²) in [4.78, 5) is 27.4. The summed E-state index contributed by atoms with van der Waals surface area (Å²) in [6.07, 6.45) is 3.27. The van der Waals surface area contributed by atoms with Crippen molar-refractivity contribution in [2.75, 3.05) is 12.4 Å². The largest absolute Gasteiger partial charge is 0.495 e. The van der Waals surface area contributed by atoms with Crippen LogP contribution in [0.4, 0.5) is 14.9 Å². The number of carbonyl (C=O) groups excluding carboxylic acids is 2.